The van der Waals surface area contributed by atoms with Crippen LogP contribution in [0.5, 0.6) is 0 Å². The second kappa shape index (κ2) is 3.42. The highest BCUT2D eigenvalue weighted by atomic mass is 14.8. The highest BCUT2D eigenvalue weighted by Gasteiger charge is 2.06. The number of nitrogens with zero attached hydrogens (tertiary/aromatic N) is 1. The van der Waals surface area contributed by atoms with Crippen LogP contribution >= 0.6 is 0 Å². The minimum absolute atomic E-state index is 0.240. The van der Waals surface area contributed by atoms with Crippen molar-refractivity contribution in [3.05, 3.63) is 54.1 Å². The first kappa shape index (κ1) is 8.63. The van der Waals surface area contributed by atoms with Crippen LogP contribution in [0, 0.1) is 5.41 Å². The van der Waals surface area contributed by atoms with Gasteiger partial charge in [-0.25, -0.2) is 4.99 Å². The number of benzene rings is 1. The lowest BCUT2D eigenvalue weighted by molar-refractivity contribution is 1.43. The highest BCUT2D eigenvalue weighted by molar-refractivity contribution is 6.21. The molecule has 1 aromatic carbocycles. The zero-order chi connectivity index (χ0) is 9.97. The van der Waals surface area contributed by atoms with Gasteiger partial charge in [-0.2, -0.15) is 0 Å². The maximum atomic E-state index is 7.41. The number of hydrogen-bond acceptors (Lipinski definition) is 1. The molecule has 2 nitrogen and oxygen atoms in total. The molecule has 14 heavy (non-hydrogen) atoms. The van der Waals surface area contributed by atoms with E-state index in [1.165, 1.54) is 0 Å². The number of nitrogens with one attached hydrogen (secondary N) is 1. The minimum Gasteiger partial charge on any atom is -0.282 e. The van der Waals surface area contributed by atoms with Gasteiger partial charge in [-0.3, -0.25) is 5.41 Å². The smallest absolute Gasteiger partial charge is 0.151 e. The van der Waals surface area contributed by atoms with E-state index < -0.39 is 0 Å². The van der Waals surface area contributed by atoms with Gasteiger partial charge in [0.15, 0.2) is 5.84 Å². The van der Waals surface area contributed by atoms with Gasteiger partial charge in [0, 0.05) is 17.4 Å². The van der Waals surface area contributed by atoms with Crippen LogP contribution in [0.25, 0.3) is 5.57 Å². The fraction of sp³-hybridized carbons (Fsp3) is 0. The first-order chi connectivity index (χ1) is 6.77. The summed E-state index contributed by atoms with van der Waals surface area (Å²) in [4.78, 5) is 3.96. The fourth-order valence-electron chi connectivity index (χ4n) is 1.30. The third-order valence-electron chi connectivity index (χ3n) is 2.07. The van der Waals surface area contributed by atoms with E-state index in [1.54, 1.807) is 6.21 Å². The Morgan fingerprint density at radius 2 is 1.86 bits per heavy atom. The molecule has 0 saturated carbocycles. The van der Waals surface area contributed by atoms with Crippen LogP contribution in [0.15, 0.2) is 53.6 Å². The highest BCUT2D eigenvalue weighted by Crippen LogP contribution is 2.17. The van der Waals surface area contributed by atoms with Gasteiger partial charge in [-0.05, 0) is 11.6 Å². The molecule has 0 aromatic heterocycles. The lowest BCUT2D eigenvalue weighted by Gasteiger charge is -2.08. The SMILES string of the molecule is C=C1C=C(c2ccccc2)C=NC1=N. The van der Waals surface area contributed by atoms with Crippen molar-refractivity contribution < 1.29 is 0 Å². The summed E-state index contributed by atoms with van der Waals surface area (Å²) in [7, 11) is 0. The van der Waals surface area contributed by atoms with Crippen LogP contribution in [-0.4, -0.2) is 12.1 Å². The number of rotatable bonds is 1. The van der Waals surface area contributed by atoms with Crippen molar-refractivity contribution in [2.45, 2.75) is 0 Å². The maximum Gasteiger partial charge on any atom is 0.151 e. The average molecular weight is 182 g/mol. The second-order valence-electron chi connectivity index (χ2n) is 3.10. The first-order valence-corrected chi connectivity index (χ1v) is 4.36. The van der Waals surface area contributed by atoms with Gasteiger partial charge in [-0.15, -0.1) is 0 Å². The molecule has 1 N–H and O–H groups in total. The van der Waals surface area contributed by atoms with Crippen molar-refractivity contribution in [3.63, 3.8) is 0 Å². The van der Waals surface area contributed by atoms with Crippen LogP contribution in [0.2, 0.25) is 0 Å². The summed E-state index contributed by atoms with van der Waals surface area (Å²) < 4.78 is 0. The molecule has 1 aliphatic rings. The lowest BCUT2D eigenvalue weighted by atomic mass is 10.0. The van der Waals surface area contributed by atoms with E-state index in [0.29, 0.717) is 5.57 Å². The third kappa shape index (κ3) is 1.55. The van der Waals surface area contributed by atoms with Crippen LogP contribution in [0.4, 0.5) is 0 Å². The van der Waals surface area contributed by atoms with Crippen LogP contribution in [0.1, 0.15) is 5.56 Å². The molecular formula is C12H10N2. The largest absolute Gasteiger partial charge is 0.282 e. The monoisotopic (exact) mass is 182 g/mol. The Morgan fingerprint density at radius 3 is 2.50 bits per heavy atom. The molecule has 0 fully saturated rings. The van der Waals surface area contributed by atoms with Crippen LogP contribution < -0.4 is 0 Å². The molecule has 1 aliphatic heterocycles. The quantitative estimate of drug-likeness (QED) is 0.693. The summed E-state index contributed by atoms with van der Waals surface area (Å²) in [5.74, 6) is 0.240. The number of hydrogen-bond donors (Lipinski definition) is 1. The standard InChI is InChI=1S/C12H10N2/c1-9-7-11(8-14-12(9)13)10-5-3-2-4-6-10/h2-8,13H,1H2. The molecule has 1 heterocycles. The Morgan fingerprint density at radius 1 is 1.14 bits per heavy atom. The predicted octanol–water partition coefficient (Wildman–Crippen LogP) is 2.69. The number of allylic oxidation sites excluding steroid dienone is 1. The van der Waals surface area contributed by atoms with E-state index in [4.69, 9.17) is 5.41 Å². The molecule has 0 amide bonds. The number of amidine groups is 1. The molecule has 0 atom stereocenters. The fourth-order valence-corrected chi connectivity index (χ4v) is 1.30. The van der Waals surface area contributed by atoms with Crippen molar-refractivity contribution in [2.24, 2.45) is 4.99 Å². The summed E-state index contributed by atoms with van der Waals surface area (Å²) >= 11 is 0. The molecule has 0 unspecified atom stereocenters. The molecule has 0 aliphatic carbocycles. The minimum atomic E-state index is 0.240. The Kier molecular flexibility index (Phi) is 2.11. The zero-order valence-corrected chi connectivity index (χ0v) is 7.70. The van der Waals surface area contributed by atoms with Crippen molar-refractivity contribution in [1.82, 2.24) is 0 Å². The van der Waals surface area contributed by atoms with Crippen molar-refractivity contribution in [3.8, 4) is 0 Å². The Labute approximate surface area is 82.8 Å². The van der Waals surface area contributed by atoms with Gasteiger partial charge in [0.2, 0.25) is 0 Å². The van der Waals surface area contributed by atoms with Crippen molar-refractivity contribution in [2.75, 3.05) is 0 Å². The van der Waals surface area contributed by atoms with Crippen molar-refractivity contribution in [1.29, 1.82) is 5.41 Å². The van der Waals surface area contributed by atoms with Gasteiger partial charge in [0.25, 0.3) is 0 Å². The van der Waals surface area contributed by atoms with E-state index in [1.807, 2.05) is 36.4 Å². The van der Waals surface area contributed by atoms with Gasteiger partial charge in [-0.1, -0.05) is 36.9 Å². The molecule has 0 saturated heterocycles. The Hall–Kier alpha value is -1.96. The summed E-state index contributed by atoms with van der Waals surface area (Å²) in [6.45, 7) is 3.76. The van der Waals surface area contributed by atoms with Crippen LogP contribution in [-0.2, 0) is 0 Å². The van der Waals surface area contributed by atoms with E-state index in [2.05, 4.69) is 11.6 Å². The predicted molar refractivity (Wildman–Crippen MR) is 59.8 cm³/mol. The summed E-state index contributed by atoms with van der Waals surface area (Å²) in [5, 5.41) is 7.41. The maximum absolute atomic E-state index is 7.41. The first-order valence-electron chi connectivity index (χ1n) is 4.36. The second-order valence-corrected chi connectivity index (χ2v) is 3.10. The molecule has 68 valence electrons. The molecule has 2 heteroatoms. The van der Waals surface area contributed by atoms with Crippen LogP contribution in [0.3, 0.4) is 0 Å². The summed E-state index contributed by atoms with van der Waals surface area (Å²) in [6, 6.07) is 9.96. The molecule has 2 rings (SSSR count). The van der Waals surface area contributed by atoms with Gasteiger partial charge in [0.05, 0.1) is 0 Å². The topological polar surface area (TPSA) is 36.2 Å². The number of dihydropyridines is 1. The van der Waals surface area contributed by atoms with E-state index >= 15 is 0 Å². The average Bonchev–Trinajstić information content (AvgIpc) is 2.23. The van der Waals surface area contributed by atoms with Gasteiger partial charge in [0.1, 0.15) is 0 Å². The molecule has 0 spiro atoms. The molecule has 0 radical (unpaired) electrons. The normalized spacial score (nSPS) is 15.6. The molecular weight excluding hydrogens is 172 g/mol. The van der Waals surface area contributed by atoms with Gasteiger partial charge < -0.3 is 0 Å². The van der Waals surface area contributed by atoms with E-state index in [9.17, 15) is 0 Å². The Balaban J connectivity index is 2.39. The lowest BCUT2D eigenvalue weighted by Crippen LogP contribution is -2.02. The van der Waals surface area contributed by atoms with Crippen molar-refractivity contribution >= 4 is 17.6 Å². The van der Waals surface area contributed by atoms with E-state index in [0.717, 1.165) is 11.1 Å². The Bertz CT molecular complexity index is 439. The zero-order valence-electron chi connectivity index (χ0n) is 7.70. The summed E-state index contributed by atoms with van der Waals surface area (Å²) in [6.07, 6.45) is 3.58. The third-order valence-corrected chi connectivity index (χ3v) is 2.07. The molecule has 0 bridgehead atoms. The molecule has 1 aromatic rings. The van der Waals surface area contributed by atoms with E-state index in [-0.39, 0.29) is 5.84 Å². The summed E-state index contributed by atoms with van der Waals surface area (Å²) in [5.41, 5.74) is 2.77. The number of aliphatic imine (C=N–C) groups is 1. The van der Waals surface area contributed by atoms with Gasteiger partial charge >= 0.3 is 0 Å².